The van der Waals surface area contributed by atoms with Gasteiger partial charge in [-0.15, -0.1) is 0 Å². The Labute approximate surface area is 118 Å². The van der Waals surface area contributed by atoms with Crippen molar-refractivity contribution in [3.63, 3.8) is 0 Å². The van der Waals surface area contributed by atoms with Gasteiger partial charge in [0.25, 0.3) is 0 Å². The molecule has 20 heavy (non-hydrogen) atoms. The van der Waals surface area contributed by atoms with E-state index in [4.69, 9.17) is 4.74 Å². The summed E-state index contributed by atoms with van der Waals surface area (Å²) in [5.41, 5.74) is 0.952. The van der Waals surface area contributed by atoms with Crippen LogP contribution >= 0.6 is 0 Å². The van der Waals surface area contributed by atoms with E-state index in [1.54, 1.807) is 17.3 Å². The van der Waals surface area contributed by atoms with Crippen molar-refractivity contribution in [2.45, 2.75) is 6.10 Å². The predicted molar refractivity (Wildman–Crippen MR) is 72.4 cm³/mol. The van der Waals surface area contributed by atoms with Gasteiger partial charge in [-0.25, -0.2) is 13.1 Å². The molecule has 0 aliphatic carbocycles. The molecular weight excluding hydrogens is 282 g/mol. The first-order chi connectivity index (χ1) is 9.46. The average molecular weight is 299 g/mol. The number of hydrogen-bond donors (Lipinski definition) is 1. The van der Waals surface area contributed by atoms with Crippen LogP contribution in [0, 0.1) is 0 Å². The zero-order chi connectivity index (χ0) is 14.6. The minimum absolute atomic E-state index is 0.200. The molecule has 1 amide bonds. The second-order valence-electron chi connectivity index (χ2n) is 4.57. The quantitative estimate of drug-likeness (QED) is 0.812. The van der Waals surface area contributed by atoms with Crippen LogP contribution in [0.4, 0.5) is 0 Å². The van der Waals surface area contributed by atoms with Crippen molar-refractivity contribution >= 4 is 15.9 Å². The molecule has 0 saturated carbocycles. The number of nitrogens with one attached hydrogen (secondary N) is 1. The van der Waals surface area contributed by atoms with Gasteiger partial charge < -0.3 is 9.64 Å². The van der Waals surface area contributed by atoms with Crippen molar-refractivity contribution in [2.24, 2.45) is 0 Å². The zero-order valence-corrected chi connectivity index (χ0v) is 12.0. The number of ether oxygens (including phenoxy) is 1. The van der Waals surface area contributed by atoms with Crippen molar-refractivity contribution in [3.8, 4) is 0 Å². The Morgan fingerprint density at radius 2 is 2.20 bits per heavy atom. The summed E-state index contributed by atoms with van der Waals surface area (Å²) in [6.07, 6.45) is 4.17. The Bertz CT molecular complexity index is 561. The van der Waals surface area contributed by atoms with E-state index in [-0.39, 0.29) is 18.6 Å². The van der Waals surface area contributed by atoms with Crippen molar-refractivity contribution in [3.05, 3.63) is 30.1 Å². The molecule has 1 saturated heterocycles. The van der Waals surface area contributed by atoms with Gasteiger partial charge in [0.05, 0.1) is 26.0 Å². The second kappa shape index (κ2) is 6.29. The Morgan fingerprint density at radius 1 is 1.50 bits per heavy atom. The molecule has 1 N–H and O–H groups in total. The van der Waals surface area contributed by atoms with Crippen molar-refractivity contribution < 1.29 is 17.9 Å². The summed E-state index contributed by atoms with van der Waals surface area (Å²) < 4.78 is 29.8. The molecule has 0 spiro atoms. The normalized spacial score (nSPS) is 19.9. The number of morpholine rings is 1. The zero-order valence-electron chi connectivity index (χ0n) is 11.2. The number of aromatic nitrogens is 1. The Hall–Kier alpha value is -1.51. The minimum Gasteiger partial charge on any atom is -0.370 e. The van der Waals surface area contributed by atoms with E-state index in [9.17, 15) is 13.2 Å². The lowest BCUT2D eigenvalue weighted by Gasteiger charge is -2.33. The first-order valence-electron chi connectivity index (χ1n) is 6.19. The summed E-state index contributed by atoms with van der Waals surface area (Å²) in [6.45, 7) is 1.08. The standard InChI is InChI=1S/C12H17N3O4S/c1-20(17,18)14-8-12(16)15-6-7-19-11(9-15)10-2-4-13-5-3-10/h2-5,11,14H,6-9H2,1H3/t11-/m0/s1. The van der Waals surface area contributed by atoms with Crippen LogP contribution in [0.2, 0.25) is 0 Å². The number of sulfonamides is 1. The molecule has 0 aromatic carbocycles. The van der Waals surface area contributed by atoms with E-state index in [1.807, 2.05) is 12.1 Å². The Kier molecular flexibility index (Phi) is 4.69. The molecule has 1 aromatic rings. The Morgan fingerprint density at radius 3 is 2.85 bits per heavy atom. The highest BCUT2D eigenvalue weighted by Crippen LogP contribution is 2.21. The fraction of sp³-hybridized carbons (Fsp3) is 0.500. The molecular formula is C12H17N3O4S. The van der Waals surface area contributed by atoms with E-state index < -0.39 is 10.0 Å². The number of carbonyl (C=O) groups is 1. The third kappa shape index (κ3) is 4.26. The van der Waals surface area contributed by atoms with Gasteiger partial charge in [0, 0.05) is 18.9 Å². The lowest BCUT2D eigenvalue weighted by Crippen LogP contribution is -2.46. The molecule has 1 atom stereocenters. The number of pyridine rings is 1. The maximum Gasteiger partial charge on any atom is 0.237 e. The molecule has 110 valence electrons. The predicted octanol–water partition coefficient (Wildman–Crippen LogP) is -0.469. The fourth-order valence-corrected chi connectivity index (χ4v) is 2.35. The third-order valence-electron chi connectivity index (χ3n) is 2.98. The summed E-state index contributed by atoms with van der Waals surface area (Å²) >= 11 is 0. The average Bonchev–Trinajstić information content (AvgIpc) is 2.45. The van der Waals surface area contributed by atoms with Gasteiger partial charge in [-0.05, 0) is 17.7 Å². The highest BCUT2D eigenvalue weighted by molar-refractivity contribution is 7.88. The van der Waals surface area contributed by atoms with E-state index >= 15 is 0 Å². The summed E-state index contributed by atoms with van der Waals surface area (Å²) in [5.74, 6) is -0.252. The van der Waals surface area contributed by atoms with Crippen LogP contribution in [0.1, 0.15) is 11.7 Å². The Balaban J connectivity index is 1.95. The van der Waals surface area contributed by atoms with Gasteiger partial charge in [0.1, 0.15) is 6.10 Å². The summed E-state index contributed by atoms with van der Waals surface area (Å²) in [5, 5.41) is 0. The number of hydrogen-bond acceptors (Lipinski definition) is 5. The van der Waals surface area contributed by atoms with Crippen LogP contribution in [0.25, 0.3) is 0 Å². The first kappa shape index (κ1) is 14.9. The maximum atomic E-state index is 12.0. The first-order valence-corrected chi connectivity index (χ1v) is 8.09. The molecule has 1 aliphatic heterocycles. The molecule has 2 rings (SSSR count). The smallest absolute Gasteiger partial charge is 0.237 e. The van der Waals surface area contributed by atoms with E-state index in [1.165, 1.54) is 0 Å². The van der Waals surface area contributed by atoms with Gasteiger partial charge in [0.2, 0.25) is 15.9 Å². The van der Waals surface area contributed by atoms with E-state index in [0.717, 1.165) is 11.8 Å². The molecule has 0 bridgehead atoms. The molecule has 7 nitrogen and oxygen atoms in total. The molecule has 0 unspecified atom stereocenters. The van der Waals surface area contributed by atoms with Crippen LogP contribution in [0.15, 0.2) is 24.5 Å². The van der Waals surface area contributed by atoms with E-state index in [0.29, 0.717) is 19.7 Å². The van der Waals surface area contributed by atoms with Gasteiger partial charge in [-0.2, -0.15) is 0 Å². The van der Waals surface area contributed by atoms with Crippen LogP contribution in [-0.2, 0) is 19.6 Å². The van der Waals surface area contributed by atoms with Crippen LogP contribution in [0.3, 0.4) is 0 Å². The monoisotopic (exact) mass is 299 g/mol. The topological polar surface area (TPSA) is 88.6 Å². The SMILES string of the molecule is CS(=O)(=O)NCC(=O)N1CCO[C@H](c2ccncc2)C1. The number of rotatable bonds is 4. The highest BCUT2D eigenvalue weighted by Gasteiger charge is 2.25. The lowest BCUT2D eigenvalue weighted by molar-refractivity contribution is -0.137. The largest absolute Gasteiger partial charge is 0.370 e. The lowest BCUT2D eigenvalue weighted by atomic mass is 10.1. The third-order valence-corrected chi connectivity index (χ3v) is 3.65. The van der Waals surface area contributed by atoms with Gasteiger partial charge >= 0.3 is 0 Å². The minimum atomic E-state index is -3.36. The van der Waals surface area contributed by atoms with Crippen molar-refractivity contribution in [1.82, 2.24) is 14.6 Å². The molecule has 1 aliphatic rings. The number of carbonyl (C=O) groups excluding carboxylic acids is 1. The second-order valence-corrected chi connectivity index (χ2v) is 6.41. The van der Waals surface area contributed by atoms with Gasteiger partial charge in [0.15, 0.2) is 0 Å². The maximum absolute atomic E-state index is 12.0. The van der Waals surface area contributed by atoms with Crippen LogP contribution in [0.5, 0.6) is 0 Å². The molecule has 2 heterocycles. The molecule has 8 heteroatoms. The van der Waals surface area contributed by atoms with Crippen LogP contribution < -0.4 is 4.72 Å². The van der Waals surface area contributed by atoms with Crippen LogP contribution in [-0.4, -0.2) is 56.7 Å². The van der Waals surface area contributed by atoms with Crippen molar-refractivity contribution in [1.29, 1.82) is 0 Å². The van der Waals surface area contributed by atoms with Crippen molar-refractivity contribution in [2.75, 3.05) is 32.5 Å². The number of amides is 1. The molecule has 1 aromatic heterocycles. The summed E-state index contributed by atoms with van der Waals surface area (Å²) in [7, 11) is -3.36. The van der Waals surface area contributed by atoms with Gasteiger partial charge in [-0.1, -0.05) is 0 Å². The van der Waals surface area contributed by atoms with E-state index in [2.05, 4.69) is 9.71 Å². The molecule has 1 fully saturated rings. The summed E-state index contributed by atoms with van der Waals surface area (Å²) in [4.78, 5) is 17.5. The highest BCUT2D eigenvalue weighted by atomic mass is 32.2. The van der Waals surface area contributed by atoms with Gasteiger partial charge in [-0.3, -0.25) is 9.78 Å². The molecule has 0 radical (unpaired) electrons. The fourth-order valence-electron chi connectivity index (χ4n) is 1.96. The number of nitrogens with zero attached hydrogens (tertiary/aromatic N) is 2. The summed E-state index contributed by atoms with van der Waals surface area (Å²) in [6, 6.07) is 3.68.